The maximum atomic E-state index is 13.5. The van der Waals surface area contributed by atoms with Gasteiger partial charge in [0.15, 0.2) is 10.8 Å². The zero-order valence-electron chi connectivity index (χ0n) is 22.1. The van der Waals surface area contributed by atoms with Crippen LogP contribution in [0.2, 0.25) is 0 Å². The van der Waals surface area contributed by atoms with Crippen molar-refractivity contribution in [2.75, 3.05) is 13.1 Å². The number of pyridine rings is 2. The summed E-state index contributed by atoms with van der Waals surface area (Å²) in [5.74, 6) is -1.50. The minimum absolute atomic E-state index is 0.120. The van der Waals surface area contributed by atoms with Crippen LogP contribution in [0.15, 0.2) is 96.2 Å². The molecule has 0 saturated carbocycles. The van der Waals surface area contributed by atoms with Gasteiger partial charge in [-0.15, -0.1) is 0 Å². The summed E-state index contributed by atoms with van der Waals surface area (Å²) in [6.07, 6.45) is 2.19. The summed E-state index contributed by atoms with van der Waals surface area (Å²) >= 11 is 0. The summed E-state index contributed by atoms with van der Waals surface area (Å²) in [5, 5.41) is 6.30. The SMILES string of the molecule is O=C(NC(Cc1ccccc1)C(=O)N[C@H]1CCCN(S(=O)(=O)c2ccccn2)CC1=O)c1ccc2ccccc2n1. The maximum absolute atomic E-state index is 13.5. The number of Topliss-reactive ketones (excluding diaryl/α,β-unsaturated/α-hetero) is 1. The van der Waals surface area contributed by atoms with Gasteiger partial charge in [0.25, 0.3) is 15.9 Å². The van der Waals surface area contributed by atoms with Gasteiger partial charge in [0.05, 0.1) is 18.1 Å². The number of para-hydroxylation sites is 1. The molecule has 4 aromatic rings. The Kier molecular flexibility index (Phi) is 8.46. The van der Waals surface area contributed by atoms with E-state index >= 15 is 0 Å². The van der Waals surface area contributed by atoms with E-state index < -0.39 is 39.7 Å². The second-order valence-electron chi connectivity index (χ2n) is 9.78. The molecule has 1 aliphatic rings. The number of sulfonamides is 1. The lowest BCUT2D eigenvalue weighted by Gasteiger charge is -2.22. The Hall–Kier alpha value is -4.48. The summed E-state index contributed by atoms with van der Waals surface area (Å²) in [6, 6.07) is 22.7. The van der Waals surface area contributed by atoms with E-state index in [2.05, 4.69) is 20.6 Å². The molecule has 3 heterocycles. The van der Waals surface area contributed by atoms with E-state index in [4.69, 9.17) is 0 Å². The first-order valence-electron chi connectivity index (χ1n) is 13.3. The number of benzene rings is 2. The van der Waals surface area contributed by atoms with Gasteiger partial charge in [-0.25, -0.2) is 18.4 Å². The van der Waals surface area contributed by atoms with Crippen molar-refractivity contribution in [2.45, 2.75) is 36.4 Å². The quantitative estimate of drug-likeness (QED) is 0.331. The molecule has 0 bridgehead atoms. The van der Waals surface area contributed by atoms with Gasteiger partial charge >= 0.3 is 0 Å². The average Bonchev–Trinajstić information content (AvgIpc) is 3.18. The number of aromatic nitrogens is 2. The third-order valence-corrected chi connectivity index (χ3v) is 8.68. The fraction of sp³-hybridized carbons (Fsp3) is 0.233. The van der Waals surface area contributed by atoms with Gasteiger partial charge < -0.3 is 10.6 Å². The van der Waals surface area contributed by atoms with Crippen LogP contribution in [0.25, 0.3) is 10.9 Å². The van der Waals surface area contributed by atoms with Gasteiger partial charge in [-0.1, -0.05) is 60.7 Å². The first kappa shape index (κ1) is 28.1. The van der Waals surface area contributed by atoms with Crippen molar-refractivity contribution in [1.29, 1.82) is 0 Å². The fourth-order valence-corrected chi connectivity index (χ4v) is 6.12. The minimum atomic E-state index is -3.96. The topological polar surface area (TPSA) is 138 Å². The molecule has 1 fully saturated rings. The number of nitrogens with zero attached hydrogens (tertiary/aromatic N) is 3. The number of nitrogens with one attached hydrogen (secondary N) is 2. The Morgan fingerprint density at radius 3 is 2.49 bits per heavy atom. The molecule has 41 heavy (non-hydrogen) atoms. The Morgan fingerprint density at radius 1 is 0.951 bits per heavy atom. The number of ketones is 1. The third-order valence-electron chi connectivity index (χ3n) is 6.92. The highest BCUT2D eigenvalue weighted by Gasteiger charge is 2.34. The average molecular weight is 572 g/mol. The Bertz CT molecular complexity index is 1660. The number of carbonyl (C=O) groups excluding carboxylic acids is 3. The molecule has 11 heteroatoms. The van der Waals surface area contributed by atoms with Crippen LogP contribution in [-0.2, 0) is 26.0 Å². The molecule has 1 aliphatic heterocycles. The zero-order valence-corrected chi connectivity index (χ0v) is 23.0. The lowest BCUT2D eigenvalue weighted by atomic mass is 10.0. The molecule has 2 amide bonds. The predicted octanol–water partition coefficient (Wildman–Crippen LogP) is 2.51. The van der Waals surface area contributed by atoms with Gasteiger partial charge in [0, 0.05) is 24.5 Å². The summed E-state index contributed by atoms with van der Waals surface area (Å²) < 4.78 is 27.2. The molecule has 2 aromatic heterocycles. The van der Waals surface area contributed by atoms with Crippen molar-refractivity contribution in [3.05, 3.63) is 102 Å². The molecule has 0 radical (unpaired) electrons. The van der Waals surface area contributed by atoms with Crippen LogP contribution in [0.5, 0.6) is 0 Å². The van der Waals surface area contributed by atoms with Gasteiger partial charge in [-0.05, 0) is 42.7 Å². The van der Waals surface area contributed by atoms with Crippen molar-refractivity contribution in [1.82, 2.24) is 24.9 Å². The number of fused-ring (bicyclic) bond motifs is 1. The summed E-state index contributed by atoms with van der Waals surface area (Å²) in [5.41, 5.74) is 1.63. The van der Waals surface area contributed by atoms with E-state index in [-0.39, 0.29) is 36.7 Å². The van der Waals surface area contributed by atoms with Crippen LogP contribution in [0.1, 0.15) is 28.9 Å². The first-order valence-corrected chi connectivity index (χ1v) is 14.7. The van der Waals surface area contributed by atoms with Crippen LogP contribution in [0.4, 0.5) is 0 Å². The largest absolute Gasteiger partial charge is 0.344 e. The monoisotopic (exact) mass is 571 g/mol. The van der Waals surface area contributed by atoms with E-state index in [1.807, 2.05) is 48.5 Å². The minimum Gasteiger partial charge on any atom is -0.344 e. The molecule has 210 valence electrons. The van der Waals surface area contributed by atoms with Crippen LogP contribution < -0.4 is 10.6 Å². The standard InChI is InChI=1S/C30H29N5O5S/c36-27-20-35(41(39,40)28-14-6-7-17-31-28)18-8-13-24(27)33-30(38)26(19-21-9-2-1-3-10-21)34-29(37)25-16-15-22-11-4-5-12-23(22)32-25/h1-7,9-12,14-17,24,26H,8,13,18-20H2,(H,33,38)(H,34,37)/t24-,26?/m0/s1. The second kappa shape index (κ2) is 12.4. The summed E-state index contributed by atoms with van der Waals surface area (Å²) in [4.78, 5) is 48.2. The molecule has 0 spiro atoms. The van der Waals surface area contributed by atoms with Crippen LogP contribution in [0, 0.1) is 0 Å². The van der Waals surface area contributed by atoms with Crippen molar-refractivity contribution in [2.24, 2.45) is 0 Å². The number of carbonyl (C=O) groups is 3. The van der Waals surface area contributed by atoms with Crippen LogP contribution in [0.3, 0.4) is 0 Å². The van der Waals surface area contributed by atoms with E-state index in [0.717, 1.165) is 15.3 Å². The zero-order chi connectivity index (χ0) is 28.8. The number of rotatable bonds is 8. The van der Waals surface area contributed by atoms with Crippen molar-refractivity contribution in [3.8, 4) is 0 Å². The Morgan fingerprint density at radius 2 is 1.71 bits per heavy atom. The van der Waals surface area contributed by atoms with Gasteiger partial charge in [-0.2, -0.15) is 4.31 Å². The van der Waals surface area contributed by atoms with E-state index in [1.165, 1.54) is 12.3 Å². The molecule has 2 N–H and O–H groups in total. The second-order valence-corrected chi connectivity index (χ2v) is 11.7. The van der Waals surface area contributed by atoms with Crippen molar-refractivity contribution in [3.63, 3.8) is 0 Å². The molecule has 2 aromatic carbocycles. The molecule has 0 aliphatic carbocycles. The summed E-state index contributed by atoms with van der Waals surface area (Å²) in [7, 11) is -3.96. The molecule has 10 nitrogen and oxygen atoms in total. The smallest absolute Gasteiger partial charge is 0.270 e. The predicted molar refractivity (Wildman–Crippen MR) is 152 cm³/mol. The third kappa shape index (κ3) is 6.64. The molecule has 1 unspecified atom stereocenters. The van der Waals surface area contributed by atoms with E-state index in [9.17, 15) is 22.8 Å². The molecule has 5 rings (SSSR count). The van der Waals surface area contributed by atoms with Gasteiger partial charge in [0.1, 0.15) is 11.7 Å². The fourth-order valence-electron chi connectivity index (χ4n) is 4.74. The van der Waals surface area contributed by atoms with Crippen molar-refractivity contribution < 1.29 is 22.8 Å². The highest BCUT2D eigenvalue weighted by atomic mass is 32.2. The summed E-state index contributed by atoms with van der Waals surface area (Å²) in [6.45, 7) is -0.268. The molecule has 2 atom stereocenters. The highest BCUT2D eigenvalue weighted by Crippen LogP contribution is 2.18. The Balaban J connectivity index is 1.31. The number of hydrogen-bond acceptors (Lipinski definition) is 7. The Labute approximate surface area is 237 Å². The normalized spacial score (nSPS) is 17.0. The van der Waals surface area contributed by atoms with E-state index in [1.54, 1.807) is 30.3 Å². The van der Waals surface area contributed by atoms with Gasteiger partial charge in [0.2, 0.25) is 5.91 Å². The lowest BCUT2D eigenvalue weighted by Crippen LogP contribution is -2.53. The molecule has 1 saturated heterocycles. The maximum Gasteiger partial charge on any atom is 0.270 e. The first-order chi connectivity index (χ1) is 19.8. The van der Waals surface area contributed by atoms with Crippen LogP contribution in [-0.4, -0.2) is 65.5 Å². The van der Waals surface area contributed by atoms with Crippen molar-refractivity contribution >= 4 is 38.5 Å². The molecular weight excluding hydrogens is 542 g/mol. The number of hydrogen-bond donors (Lipinski definition) is 2. The van der Waals surface area contributed by atoms with Crippen LogP contribution >= 0.6 is 0 Å². The molecular formula is C30H29N5O5S. The lowest BCUT2D eigenvalue weighted by molar-refractivity contribution is -0.128. The number of amides is 2. The highest BCUT2D eigenvalue weighted by molar-refractivity contribution is 7.89. The van der Waals surface area contributed by atoms with E-state index in [0.29, 0.717) is 11.9 Å². The van der Waals surface area contributed by atoms with Gasteiger partial charge in [-0.3, -0.25) is 14.4 Å².